The highest BCUT2D eigenvalue weighted by Crippen LogP contribution is 2.32. The van der Waals surface area contributed by atoms with Crippen molar-refractivity contribution < 1.29 is 9.00 Å². The third kappa shape index (κ3) is 5.37. The third-order valence-corrected chi connectivity index (χ3v) is 6.48. The summed E-state index contributed by atoms with van der Waals surface area (Å²) in [6.45, 7) is 2.07. The molecule has 0 aliphatic heterocycles. The fraction of sp³-hybridized carbons (Fsp3) is 0.214. The van der Waals surface area contributed by atoms with E-state index in [-0.39, 0.29) is 18.4 Å². The highest BCUT2D eigenvalue weighted by Gasteiger charge is 2.21. The molecule has 4 rings (SSSR count). The summed E-state index contributed by atoms with van der Waals surface area (Å²) in [6.07, 6.45) is 2.70. The molecule has 1 aromatic heterocycles. The topological polar surface area (TPSA) is 59.1 Å². The summed E-state index contributed by atoms with van der Waals surface area (Å²) in [5.41, 5.74) is 5.45. The first-order valence-electron chi connectivity index (χ1n) is 11.2. The van der Waals surface area contributed by atoms with Gasteiger partial charge in [0.25, 0.3) is 0 Å². The number of para-hydroxylation sites is 1. The van der Waals surface area contributed by atoms with E-state index < -0.39 is 10.8 Å². The Kier molecular flexibility index (Phi) is 7.30. The number of rotatable bonds is 8. The Bertz CT molecular complexity index is 1270. The van der Waals surface area contributed by atoms with Gasteiger partial charge in [-0.2, -0.15) is 0 Å². The van der Waals surface area contributed by atoms with Crippen LogP contribution in [0.1, 0.15) is 36.1 Å². The minimum absolute atomic E-state index is 0.0517. The third-order valence-electron chi connectivity index (χ3n) is 5.79. The van der Waals surface area contributed by atoms with Gasteiger partial charge in [-0.25, -0.2) is 4.98 Å². The van der Waals surface area contributed by atoms with E-state index in [0.717, 1.165) is 45.3 Å². The van der Waals surface area contributed by atoms with E-state index in [4.69, 9.17) is 4.98 Å². The first-order chi connectivity index (χ1) is 16.1. The van der Waals surface area contributed by atoms with Crippen LogP contribution in [-0.2, 0) is 27.8 Å². The first-order valence-corrected chi connectivity index (χ1v) is 12.9. The van der Waals surface area contributed by atoms with Gasteiger partial charge in [-0.15, -0.1) is 0 Å². The average Bonchev–Trinajstić information content (AvgIpc) is 2.84. The number of amides is 1. The molecule has 4 nitrogen and oxygen atoms in total. The van der Waals surface area contributed by atoms with Crippen LogP contribution in [0.15, 0.2) is 84.9 Å². The first kappa shape index (κ1) is 22.9. The molecular weight excluding hydrogens is 428 g/mol. The molecule has 168 valence electrons. The molecule has 3 aromatic carbocycles. The number of hydrogen-bond acceptors (Lipinski definition) is 3. The van der Waals surface area contributed by atoms with Crippen molar-refractivity contribution >= 4 is 27.6 Å². The Morgan fingerprint density at radius 3 is 2.21 bits per heavy atom. The molecule has 0 saturated carbocycles. The van der Waals surface area contributed by atoms with E-state index in [0.29, 0.717) is 5.75 Å². The van der Waals surface area contributed by atoms with E-state index in [2.05, 4.69) is 12.2 Å². The second-order valence-corrected chi connectivity index (χ2v) is 9.57. The maximum Gasteiger partial charge on any atom is 0.224 e. The highest BCUT2D eigenvalue weighted by molar-refractivity contribution is 7.83. The SMILES string of the molecule is CC[C@H](NC(=O)Cc1c(CS(C)=O)c(-c2ccccc2)nc2ccccc12)c1ccccc1. The molecular formula is C28H28N2O2S. The maximum atomic E-state index is 13.3. The largest absolute Gasteiger partial charge is 0.349 e. The number of benzene rings is 3. The molecule has 1 heterocycles. The fourth-order valence-electron chi connectivity index (χ4n) is 4.23. The number of pyridine rings is 1. The summed E-state index contributed by atoms with van der Waals surface area (Å²) in [6, 6.07) is 27.8. The number of carbonyl (C=O) groups excluding carboxylic acids is 1. The van der Waals surface area contributed by atoms with Crippen molar-refractivity contribution in [2.45, 2.75) is 31.6 Å². The van der Waals surface area contributed by atoms with Crippen molar-refractivity contribution in [3.8, 4) is 11.3 Å². The quantitative estimate of drug-likeness (QED) is 0.376. The van der Waals surface area contributed by atoms with Crippen molar-refractivity contribution in [1.29, 1.82) is 0 Å². The Labute approximate surface area is 197 Å². The number of nitrogens with zero attached hydrogens (tertiary/aromatic N) is 1. The second-order valence-electron chi connectivity index (χ2n) is 8.13. The molecule has 0 radical (unpaired) electrons. The van der Waals surface area contributed by atoms with Gasteiger partial charge in [-0.05, 0) is 29.2 Å². The lowest BCUT2D eigenvalue weighted by Crippen LogP contribution is -2.30. The number of nitrogens with one attached hydrogen (secondary N) is 1. The molecule has 1 amide bonds. The van der Waals surface area contributed by atoms with E-state index in [1.807, 2.05) is 84.9 Å². The lowest BCUT2D eigenvalue weighted by molar-refractivity contribution is -0.121. The molecule has 0 aliphatic rings. The standard InChI is InChI=1S/C28H28N2O2S/c1-3-25(20-12-6-4-7-13-20)29-27(31)18-23-22-16-10-11-17-26(22)30-28(24(23)19-33(2)32)21-14-8-5-9-15-21/h4-17,25H,3,18-19H2,1-2H3,(H,29,31)/t25-,33?/m0/s1. The molecule has 0 fully saturated rings. The molecule has 0 saturated heterocycles. The summed E-state index contributed by atoms with van der Waals surface area (Å²) < 4.78 is 12.4. The predicted octanol–water partition coefficient (Wildman–Crippen LogP) is 5.59. The van der Waals surface area contributed by atoms with E-state index >= 15 is 0 Å². The summed E-state index contributed by atoms with van der Waals surface area (Å²) in [5, 5.41) is 4.13. The summed E-state index contributed by atoms with van der Waals surface area (Å²) in [5.74, 6) is 0.296. The van der Waals surface area contributed by atoms with Crippen molar-refractivity contribution in [3.63, 3.8) is 0 Å². The Morgan fingerprint density at radius 1 is 0.909 bits per heavy atom. The molecule has 33 heavy (non-hydrogen) atoms. The summed E-state index contributed by atoms with van der Waals surface area (Å²) in [7, 11) is -1.08. The normalized spacial score (nSPS) is 12.9. The van der Waals surface area contributed by atoms with Crippen molar-refractivity contribution in [2.75, 3.05) is 6.26 Å². The monoisotopic (exact) mass is 456 g/mol. The van der Waals surface area contributed by atoms with Gasteiger partial charge in [-0.3, -0.25) is 9.00 Å². The molecule has 1 unspecified atom stereocenters. The van der Waals surface area contributed by atoms with Crippen molar-refractivity contribution in [2.24, 2.45) is 0 Å². The lowest BCUT2D eigenvalue weighted by atomic mass is 9.95. The zero-order valence-corrected chi connectivity index (χ0v) is 19.8. The summed E-state index contributed by atoms with van der Waals surface area (Å²) >= 11 is 0. The number of fused-ring (bicyclic) bond motifs is 1. The highest BCUT2D eigenvalue weighted by atomic mass is 32.2. The van der Waals surface area contributed by atoms with Crippen molar-refractivity contribution in [3.05, 3.63) is 102 Å². The Balaban J connectivity index is 1.78. The summed E-state index contributed by atoms with van der Waals surface area (Å²) in [4.78, 5) is 18.2. The van der Waals surface area contributed by atoms with Crippen LogP contribution in [0, 0.1) is 0 Å². The van der Waals surface area contributed by atoms with Crippen LogP contribution < -0.4 is 5.32 Å². The molecule has 4 aromatic rings. The second kappa shape index (κ2) is 10.5. The van der Waals surface area contributed by atoms with Gasteiger partial charge in [0.05, 0.1) is 29.4 Å². The van der Waals surface area contributed by atoms with E-state index in [1.54, 1.807) is 6.26 Å². The van der Waals surface area contributed by atoms with Gasteiger partial charge in [0.1, 0.15) is 0 Å². The van der Waals surface area contributed by atoms with Gasteiger partial charge in [-0.1, -0.05) is 85.8 Å². The maximum absolute atomic E-state index is 13.3. The molecule has 0 bridgehead atoms. The smallest absolute Gasteiger partial charge is 0.224 e. The van der Waals surface area contributed by atoms with Crippen LogP contribution in [0.2, 0.25) is 0 Å². The van der Waals surface area contributed by atoms with E-state index in [9.17, 15) is 9.00 Å². The molecule has 0 spiro atoms. The molecule has 5 heteroatoms. The number of carbonyl (C=O) groups is 1. The molecule has 0 aliphatic carbocycles. The molecule has 1 N–H and O–H groups in total. The van der Waals surface area contributed by atoms with Gasteiger partial charge >= 0.3 is 0 Å². The Morgan fingerprint density at radius 2 is 1.55 bits per heavy atom. The zero-order valence-electron chi connectivity index (χ0n) is 19.0. The zero-order chi connectivity index (χ0) is 23.2. The van der Waals surface area contributed by atoms with Crippen LogP contribution in [0.5, 0.6) is 0 Å². The van der Waals surface area contributed by atoms with Crippen LogP contribution in [0.3, 0.4) is 0 Å². The minimum Gasteiger partial charge on any atom is -0.349 e. The van der Waals surface area contributed by atoms with Crippen LogP contribution >= 0.6 is 0 Å². The fourth-order valence-corrected chi connectivity index (χ4v) is 4.95. The minimum atomic E-state index is -1.08. The van der Waals surface area contributed by atoms with Gasteiger partial charge in [0.15, 0.2) is 0 Å². The number of hydrogen-bond donors (Lipinski definition) is 1. The van der Waals surface area contributed by atoms with Gasteiger partial charge in [0, 0.05) is 28.0 Å². The number of aromatic nitrogens is 1. The lowest BCUT2D eigenvalue weighted by Gasteiger charge is -2.20. The van der Waals surface area contributed by atoms with Gasteiger partial charge < -0.3 is 5.32 Å². The van der Waals surface area contributed by atoms with Crippen LogP contribution in [0.25, 0.3) is 22.2 Å². The molecule has 2 atom stereocenters. The van der Waals surface area contributed by atoms with Crippen LogP contribution in [0.4, 0.5) is 0 Å². The van der Waals surface area contributed by atoms with Crippen molar-refractivity contribution in [1.82, 2.24) is 10.3 Å². The van der Waals surface area contributed by atoms with E-state index in [1.165, 1.54) is 0 Å². The van der Waals surface area contributed by atoms with Crippen LogP contribution in [-0.4, -0.2) is 21.4 Å². The predicted molar refractivity (Wildman–Crippen MR) is 136 cm³/mol. The average molecular weight is 457 g/mol. The van der Waals surface area contributed by atoms with Gasteiger partial charge in [0.2, 0.25) is 5.91 Å². The Hall–Kier alpha value is -3.31.